The van der Waals surface area contributed by atoms with Gasteiger partial charge in [0.2, 0.25) is 0 Å². The lowest BCUT2D eigenvalue weighted by atomic mass is 10.0. The van der Waals surface area contributed by atoms with Gasteiger partial charge in [0.1, 0.15) is 0 Å². The molecule has 0 radical (unpaired) electrons. The van der Waals surface area contributed by atoms with Crippen molar-refractivity contribution in [2.75, 3.05) is 11.5 Å². The molecule has 10 heavy (non-hydrogen) atoms. The molecule has 0 aromatic rings. The molecule has 0 saturated carbocycles. The fourth-order valence-corrected chi connectivity index (χ4v) is 3.31. The molecule has 1 fully saturated rings. The van der Waals surface area contributed by atoms with Gasteiger partial charge in [-0.1, -0.05) is 6.92 Å². The van der Waals surface area contributed by atoms with Crippen LogP contribution in [0.15, 0.2) is 0 Å². The predicted octanol–water partition coefficient (Wildman–Crippen LogP) is 0.191. The van der Waals surface area contributed by atoms with E-state index in [-0.39, 0.29) is 23.3 Å². The number of sulfone groups is 1. The fraction of sp³-hybridized carbons (Fsp3) is 0.833. The summed E-state index contributed by atoms with van der Waals surface area (Å²) in [5.74, 6) is -0.00407. The van der Waals surface area contributed by atoms with Crippen LogP contribution in [0.3, 0.4) is 0 Å². The smallest absolute Gasteiger partial charge is 0.151 e. The van der Waals surface area contributed by atoms with E-state index >= 15 is 0 Å². The third-order valence-electron chi connectivity index (χ3n) is 1.80. The first kappa shape index (κ1) is 7.55. The lowest BCUT2D eigenvalue weighted by Crippen LogP contribution is -2.04. The quantitative estimate of drug-likeness (QED) is 0.507. The van der Waals surface area contributed by atoms with Gasteiger partial charge < -0.3 is 0 Å². The van der Waals surface area contributed by atoms with Crippen molar-refractivity contribution in [3.05, 3.63) is 0 Å². The highest BCUT2D eigenvalue weighted by molar-refractivity contribution is 7.91. The Morgan fingerprint density at radius 1 is 1.50 bits per heavy atom. The highest BCUT2D eigenvalue weighted by Crippen LogP contribution is 2.23. The van der Waals surface area contributed by atoms with Crippen LogP contribution in [0.5, 0.6) is 0 Å². The summed E-state index contributed by atoms with van der Waals surface area (Å²) in [4.78, 5) is 0. The Morgan fingerprint density at radius 2 is 2.10 bits per heavy atom. The van der Waals surface area contributed by atoms with Gasteiger partial charge in [0.15, 0.2) is 9.84 Å². The van der Waals surface area contributed by atoms with Crippen LogP contribution >= 0.6 is 0 Å². The molecular weight excluding hydrogens is 150 g/mol. The molecule has 1 aliphatic rings. The first-order valence-electron chi connectivity index (χ1n) is 3.15. The number of nitrogens with zero attached hydrogens (tertiary/aromatic N) is 1. The fourth-order valence-electron chi connectivity index (χ4n) is 1.19. The molecule has 0 aromatic heterocycles. The summed E-state index contributed by atoms with van der Waals surface area (Å²) >= 11 is 0. The zero-order valence-electron chi connectivity index (χ0n) is 5.74. The van der Waals surface area contributed by atoms with E-state index < -0.39 is 9.84 Å². The Labute approximate surface area is 60.6 Å². The zero-order chi connectivity index (χ0) is 7.78. The van der Waals surface area contributed by atoms with Crippen LogP contribution in [-0.2, 0) is 9.84 Å². The molecule has 1 heterocycles. The molecule has 1 rings (SSSR count). The van der Waals surface area contributed by atoms with Crippen LogP contribution in [-0.4, -0.2) is 19.9 Å². The molecule has 1 aliphatic heterocycles. The topological polar surface area (TPSA) is 57.9 Å². The van der Waals surface area contributed by atoms with Crippen molar-refractivity contribution < 1.29 is 8.42 Å². The first-order chi connectivity index (χ1) is 4.55. The van der Waals surface area contributed by atoms with Gasteiger partial charge in [-0.05, 0) is 5.92 Å². The van der Waals surface area contributed by atoms with Gasteiger partial charge in [0.05, 0.1) is 23.5 Å². The van der Waals surface area contributed by atoms with Gasteiger partial charge in [-0.3, -0.25) is 0 Å². The van der Waals surface area contributed by atoms with Gasteiger partial charge in [-0.15, -0.1) is 0 Å². The normalized spacial score (nSPS) is 37.2. The standard InChI is InChI=1S/C6H9NO2S/c1-5-3-10(8,9)4-6(5)2-7/h5-6H,3-4H2,1H3. The zero-order valence-corrected chi connectivity index (χ0v) is 6.56. The second-order valence-corrected chi connectivity index (χ2v) is 4.94. The molecule has 2 atom stereocenters. The van der Waals surface area contributed by atoms with Crippen molar-refractivity contribution >= 4 is 9.84 Å². The van der Waals surface area contributed by atoms with Crippen LogP contribution < -0.4 is 0 Å². The Morgan fingerprint density at radius 3 is 2.30 bits per heavy atom. The molecular formula is C6H9NO2S. The highest BCUT2D eigenvalue weighted by Gasteiger charge is 2.34. The van der Waals surface area contributed by atoms with E-state index in [4.69, 9.17) is 5.26 Å². The van der Waals surface area contributed by atoms with E-state index in [0.29, 0.717) is 0 Å². The van der Waals surface area contributed by atoms with E-state index in [9.17, 15) is 8.42 Å². The summed E-state index contributed by atoms with van der Waals surface area (Å²) in [6.07, 6.45) is 0. The summed E-state index contributed by atoms with van der Waals surface area (Å²) in [6, 6.07) is 1.99. The van der Waals surface area contributed by atoms with Crippen LogP contribution in [0.1, 0.15) is 6.92 Å². The lowest BCUT2D eigenvalue weighted by Gasteiger charge is -1.99. The van der Waals surface area contributed by atoms with Crippen LogP contribution in [0.2, 0.25) is 0 Å². The maximum absolute atomic E-state index is 10.9. The molecule has 1 saturated heterocycles. The second-order valence-electron chi connectivity index (χ2n) is 2.79. The highest BCUT2D eigenvalue weighted by atomic mass is 32.2. The van der Waals surface area contributed by atoms with Crippen molar-refractivity contribution in [1.82, 2.24) is 0 Å². The monoisotopic (exact) mass is 159 g/mol. The minimum absolute atomic E-state index is 0.0231. The number of nitriles is 1. The van der Waals surface area contributed by atoms with E-state index in [1.54, 1.807) is 6.92 Å². The third kappa shape index (κ3) is 1.29. The molecule has 0 bridgehead atoms. The van der Waals surface area contributed by atoms with E-state index in [1.807, 2.05) is 6.07 Å². The van der Waals surface area contributed by atoms with Crippen LogP contribution in [0.4, 0.5) is 0 Å². The first-order valence-corrected chi connectivity index (χ1v) is 4.97. The maximum Gasteiger partial charge on any atom is 0.151 e. The molecule has 2 unspecified atom stereocenters. The minimum atomic E-state index is -2.88. The minimum Gasteiger partial charge on any atom is -0.229 e. The van der Waals surface area contributed by atoms with Crippen molar-refractivity contribution in [2.24, 2.45) is 11.8 Å². The average molecular weight is 159 g/mol. The van der Waals surface area contributed by atoms with Gasteiger partial charge in [0, 0.05) is 0 Å². The van der Waals surface area contributed by atoms with Gasteiger partial charge >= 0.3 is 0 Å². The molecule has 0 spiro atoms. The van der Waals surface area contributed by atoms with Crippen molar-refractivity contribution in [1.29, 1.82) is 5.26 Å². The summed E-state index contributed by atoms with van der Waals surface area (Å²) in [6.45, 7) is 1.80. The van der Waals surface area contributed by atoms with Gasteiger partial charge in [0.25, 0.3) is 0 Å². The van der Waals surface area contributed by atoms with Crippen molar-refractivity contribution in [3.8, 4) is 6.07 Å². The van der Waals surface area contributed by atoms with Crippen molar-refractivity contribution in [3.63, 3.8) is 0 Å². The Hall–Kier alpha value is -0.560. The summed E-state index contributed by atoms with van der Waals surface area (Å²) in [7, 11) is -2.88. The molecule has 0 amide bonds. The number of rotatable bonds is 0. The van der Waals surface area contributed by atoms with Crippen LogP contribution in [0, 0.1) is 23.2 Å². The SMILES string of the molecule is CC1CS(=O)(=O)CC1C#N. The Balaban J connectivity index is 2.83. The number of hydrogen-bond acceptors (Lipinski definition) is 3. The van der Waals surface area contributed by atoms with Crippen LogP contribution in [0.25, 0.3) is 0 Å². The van der Waals surface area contributed by atoms with Crippen molar-refractivity contribution in [2.45, 2.75) is 6.92 Å². The molecule has 4 heteroatoms. The third-order valence-corrected chi connectivity index (χ3v) is 3.70. The summed E-state index contributed by atoms with van der Waals surface area (Å²) in [5, 5.41) is 8.45. The van der Waals surface area contributed by atoms with Gasteiger partial charge in [-0.25, -0.2) is 8.42 Å². The van der Waals surface area contributed by atoms with Gasteiger partial charge in [-0.2, -0.15) is 5.26 Å². The largest absolute Gasteiger partial charge is 0.229 e. The Kier molecular flexibility index (Phi) is 1.69. The molecule has 0 N–H and O–H groups in total. The summed E-state index contributed by atoms with van der Waals surface area (Å²) < 4.78 is 21.7. The Bertz CT molecular complexity index is 262. The molecule has 0 aliphatic carbocycles. The summed E-state index contributed by atoms with van der Waals surface area (Å²) in [5.41, 5.74) is 0. The molecule has 3 nitrogen and oxygen atoms in total. The average Bonchev–Trinajstić information content (AvgIpc) is 2.05. The van der Waals surface area contributed by atoms with E-state index in [2.05, 4.69) is 0 Å². The maximum atomic E-state index is 10.9. The molecule has 0 aromatic carbocycles. The van der Waals surface area contributed by atoms with E-state index in [1.165, 1.54) is 0 Å². The predicted molar refractivity (Wildman–Crippen MR) is 36.9 cm³/mol. The second kappa shape index (κ2) is 2.24. The van der Waals surface area contributed by atoms with E-state index in [0.717, 1.165) is 0 Å². The number of hydrogen-bond donors (Lipinski definition) is 0. The molecule has 56 valence electrons. The lowest BCUT2D eigenvalue weighted by molar-refractivity contribution is 0.554.